The first-order valence-corrected chi connectivity index (χ1v) is 10.7. The lowest BCUT2D eigenvalue weighted by Crippen LogP contribution is -2.16. The zero-order valence-corrected chi connectivity index (χ0v) is 17.4. The van der Waals surface area contributed by atoms with Crippen LogP contribution >= 0.6 is 46.3 Å². The molecule has 0 aliphatic rings. The number of thiophene rings is 1. The van der Waals surface area contributed by atoms with Crippen molar-refractivity contribution in [3.8, 4) is 10.7 Å². The Morgan fingerprint density at radius 2 is 1.93 bits per heavy atom. The fourth-order valence-electron chi connectivity index (χ4n) is 2.50. The molecule has 4 rings (SSSR count). The zero-order valence-electron chi connectivity index (χ0n) is 14.3. The maximum Gasteiger partial charge on any atom is 0.234 e. The van der Waals surface area contributed by atoms with Crippen molar-refractivity contribution in [2.45, 2.75) is 5.16 Å². The summed E-state index contributed by atoms with van der Waals surface area (Å²) in [5.74, 6) is 0.646. The number of benzene rings is 1. The molecule has 142 valence electrons. The summed E-state index contributed by atoms with van der Waals surface area (Å²) in [7, 11) is 0. The molecule has 1 N–H and O–H groups in total. The monoisotopic (exact) mass is 449 g/mol. The van der Waals surface area contributed by atoms with Gasteiger partial charge in [-0.1, -0.05) is 47.1 Å². The average molecular weight is 450 g/mol. The Morgan fingerprint density at radius 1 is 1.11 bits per heavy atom. The van der Waals surface area contributed by atoms with Crippen LogP contribution in [0.1, 0.15) is 0 Å². The van der Waals surface area contributed by atoms with Crippen LogP contribution in [-0.4, -0.2) is 31.2 Å². The van der Waals surface area contributed by atoms with E-state index >= 15 is 0 Å². The van der Waals surface area contributed by atoms with Crippen LogP contribution in [-0.2, 0) is 4.79 Å². The highest BCUT2D eigenvalue weighted by atomic mass is 35.5. The standard InChI is InChI=1S/C18H13Cl2N5OS2/c19-12-5-3-6-13(16(12)20)21-15(26)11-28-18-23-22-17(14-7-4-10-27-14)25(18)24-8-1-2-9-24/h1-10H,11H2,(H,21,26). The Morgan fingerprint density at radius 3 is 2.68 bits per heavy atom. The predicted molar refractivity (Wildman–Crippen MR) is 114 cm³/mol. The highest BCUT2D eigenvalue weighted by Gasteiger charge is 2.18. The largest absolute Gasteiger partial charge is 0.324 e. The third-order valence-electron chi connectivity index (χ3n) is 3.73. The lowest BCUT2D eigenvalue weighted by molar-refractivity contribution is -0.113. The van der Waals surface area contributed by atoms with Crippen molar-refractivity contribution in [3.63, 3.8) is 0 Å². The maximum absolute atomic E-state index is 12.4. The lowest BCUT2D eigenvalue weighted by Gasteiger charge is -2.11. The summed E-state index contributed by atoms with van der Waals surface area (Å²) in [6.45, 7) is 0. The molecule has 0 spiro atoms. The number of nitrogens with zero attached hydrogens (tertiary/aromatic N) is 4. The van der Waals surface area contributed by atoms with Crippen molar-refractivity contribution in [2.75, 3.05) is 11.1 Å². The van der Waals surface area contributed by atoms with E-state index in [0.29, 0.717) is 26.7 Å². The molecule has 1 amide bonds. The Bertz CT molecular complexity index is 1090. The average Bonchev–Trinajstić information content (AvgIpc) is 3.44. The number of anilines is 1. The van der Waals surface area contributed by atoms with Crippen LogP contribution in [0.25, 0.3) is 10.7 Å². The number of nitrogens with one attached hydrogen (secondary N) is 1. The molecule has 0 atom stereocenters. The highest BCUT2D eigenvalue weighted by Crippen LogP contribution is 2.30. The molecule has 0 fully saturated rings. The Hall–Kier alpha value is -2.26. The minimum Gasteiger partial charge on any atom is -0.324 e. The number of thioether (sulfide) groups is 1. The first kappa shape index (κ1) is 19.1. The first-order chi connectivity index (χ1) is 13.6. The molecule has 0 aliphatic carbocycles. The summed E-state index contributed by atoms with van der Waals surface area (Å²) < 4.78 is 3.75. The second-order valence-electron chi connectivity index (χ2n) is 5.60. The topological polar surface area (TPSA) is 64.7 Å². The van der Waals surface area contributed by atoms with Crippen LogP contribution in [0.2, 0.25) is 10.0 Å². The van der Waals surface area contributed by atoms with Gasteiger partial charge < -0.3 is 5.32 Å². The summed E-state index contributed by atoms with van der Waals surface area (Å²) in [5.41, 5.74) is 0.478. The summed E-state index contributed by atoms with van der Waals surface area (Å²) >= 11 is 15.0. The SMILES string of the molecule is O=C(CSc1nnc(-c2cccs2)n1-n1cccc1)Nc1cccc(Cl)c1Cl. The number of hydrogen-bond acceptors (Lipinski definition) is 5. The van der Waals surface area contributed by atoms with Gasteiger partial charge in [-0.25, -0.2) is 4.68 Å². The van der Waals surface area contributed by atoms with Gasteiger partial charge in [0.15, 0.2) is 5.82 Å². The third kappa shape index (κ3) is 3.95. The molecule has 6 nitrogen and oxygen atoms in total. The van der Waals surface area contributed by atoms with Crippen LogP contribution in [0.15, 0.2) is 65.4 Å². The van der Waals surface area contributed by atoms with Gasteiger partial charge in [-0.3, -0.25) is 9.47 Å². The van der Waals surface area contributed by atoms with Gasteiger partial charge in [0.05, 0.1) is 26.4 Å². The number of rotatable bonds is 6. The maximum atomic E-state index is 12.4. The van der Waals surface area contributed by atoms with Crippen LogP contribution in [0, 0.1) is 0 Å². The molecule has 1 aromatic carbocycles. The number of aromatic nitrogens is 4. The fourth-order valence-corrected chi connectivity index (χ4v) is 4.27. The molecular formula is C18H13Cl2N5OS2. The molecule has 10 heteroatoms. The minimum absolute atomic E-state index is 0.146. The van der Waals surface area contributed by atoms with Gasteiger partial charge in [-0.15, -0.1) is 21.5 Å². The van der Waals surface area contributed by atoms with Gasteiger partial charge in [0.2, 0.25) is 11.1 Å². The Labute approximate surface area is 179 Å². The molecule has 4 aromatic rings. The number of halogens is 2. The van der Waals surface area contributed by atoms with Crippen LogP contribution in [0.3, 0.4) is 0 Å². The van der Waals surface area contributed by atoms with E-state index in [9.17, 15) is 4.79 Å². The van der Waals surface area contributed by atoms with Crippen molar-refractivity contribution >= 4 is 57.9 Å². The van der Waals surface area contributed by atoms with E-state index in [0.717, 1.165) is 4.88 Å². The van der Waals surface area contributed by atoms with E-state index in [4.69, 9.17) is 23.2 Å². The smallest absolute Gasteiger partial charge is 0.234 e. The summed E-state index contributed by atoms with van der Waals surface area (Å²) in [5, 5.41) is 14.7. The Balaban J connectivity index is 1.54. The van der Waals surface area contributed by atoms with Crippen molar-refractivity contribution in [1.82, 2.24) is 19.5 Å². The van der Waals surface area contributed by atoms with Crippen LogP contribution in [0.5, 0.6) is 0 Å². The number of hydrogen-bond donors (Lipinski definition) is 1. The van der Waals surface area contributed by atoms with Gasteiger partial charge in [0.1, 0.15) is 0 Å². The van der Waals surface area contributed by atoms with Crippen molar-refractivity contribution < 1.29 is 4.79 Å². The molecule has 3 heterocycles. The van der Waals surface area contributed by atoms with Gasteiger partial charge in [0.25, 0.3) is 0 Å². The molecule has 3 aromatic heterocycles. The van der Waals surface area contributed by atoms with Crippen LogP contribution < -0.4 is 5.32 Å². The van der Waals surface area contributed by atoms with Gasteiger partial charge in [-0.2, -0.15) is 0 Å². The van der Waals surface area contributed by atoms with E-state index in [1.807, 2.05) is 51.4 Å². The van der Waals surface area contributed by atoms with E-state index in [1.54, 1.807) is 29.5 Å². The van der Waals surface area contributed by atoms with Crippen molar-refractivity contribution in [2.24, 2.45) is 0 Å². The predicted octanol–water partition coefficient (Wildman–Crippen LogP) is 5.16. The van der Waals surface area contributed by atoms with E-state index in [2.05, 4.69) is 15.5 Å². The number of amides is 1. The third-order valence-corrected chi connectivity index (χ3v) is 6.34. The second-order valence-corrected chi connectivity index (χ2v) is 8.27. The summed E-state index contributed by atoms with van der Waals surface area (Å²) in [6.07, 6.45) is 3.80. The molecular weight excluding hydrogens is 437 g/mol. The van der Waals surface area contributed by atoms with Crippen LogP contribution in [0.4, 0.5) is 5.69 Å². The lowest BCUT2D eigenvalue weighted by atomic mass is 10.3. The molecule has 0 radical (unpaired) electrons. The van der Waals surface area contributed by atoms with Gasteiger partial charge in [-0.05, 0) is 35.7 Å². The van der Waals surface area contributed by atoms with Gasteiger partial charge in [0, 0.05) is 12.4 Å². The van der Waals surface area contributed by atoms with E-state index < -0.39 is 0 Å². The first-order valence-electron chi connectivity index (χ1n) is 8.13. The molecule has 28 heavy (non-hydrogen) atoms. The highest BCUT2D eigenvalue weighted by molar-refractivity contribution is 7.99. The van der Waals surface area contributed by atoms with Crippen molar-refractivity contribution in [1.29, 1.82) is 0 Å². The normalized spacial score (nSPS) is 10.9. The fraction of sp³-hybridized carbons (Fsp3) is 0.0556. The molecule has 0 saturated carbocycles. The molecule has 0 bridgehead atoms. The minimum atomic E-state index is -0.214. The quantitative estimate of drug-likeness (QED) is 0.413. The summed E-state index contributed by atoms with van der Waals surface area (Å²) in [6, 6.07) is 12.9. The van der Waals surface area contributed by atoms with E-state index in [-0.39, 0.29) is 11.7 Å². The molecule has 0 saturated heterocycles. The Kier molecular flexibility index (Phi) is 5.72. The second kappa shape index (κ2) is 8.40. The van der Waals surface area contributed by atoms with Gasteiger partial charge >= 0.3 is 0 Å². The summed E-state index contributed by atoms with van der Waals surface area (Å²) in [4.78, 5) is 13.4. The number of carbonyl (C=O) groups excluding carboxylic acids is 1. The van der Waals surface area contributed by atoms with E-state index in [1.165, 1.54) is 11.8 Å². The number of carbonyl (C=O) groups is 1. The zero-order chi connectivity index (χ0) is 19.5. The molecule has 0 unspecified atom stereocenters. The molecule has 0 aliphatic heterocycles. The van der Waals surface area contributed by atoms with Crippen molar-refractivity contribution in [3.05, 3.63) is 70.3 Å².